The number of rotatable bonds is 2. The first kappa shape index (κ1) is 9.73. The molecule has 2 rings (SSSR count). The summed E-state index contributed by atoms with van der Waals surface area (Å²) in [7, 11) is 0. The van der Waals surface area contributed by atoms with Crippen LogP contribution in [-0.4, -0.2) is 11.1 Å². The first-order valence-electron chi connectivity index (χ1n) is 4.57. The fourth-order valence-electron chi connectivity index (χ4n) is 1.64. The molecule has 1 aromatic carbocycles. The third-order valence-corrected chi connectivity index (χ3v) is 2.54. The molecule has 1 unspecified atom stereocenters. The molecule has 0 radical (unpaired) electrons. The van der Waals surface area contributed by atoms with Crippen LogP contribution in [0.1, 0.15) is 12.5 Å². The lowest BCUT2D eigenvalue weighted by Crippen LogP contribution is -2.29. The maximum atomic E-state index is 11.0. The van der Waals surface area contributed by atoms with Gasteiger partial charge in [0.1, 0.15) is 0 Å². The fraction of sp³-hybridized carbons (Fsp3) is 0.182. The smallest absolute Gasteiger partial charge is 0.336 e. The van der Waals surface area contributed by atoms with Crippen molar-refractivity contribution in [2.75, 3.05) is 0 Å². The van der Waals surface area contributed by atoms with Crippen molar-refractivity contribution in [2.24, 2.45) is 0 Å². The third kappa shape index (κ3) is 1.49. The summed E-state index contributed by atoms with van der Waals surface area (Å²) in [6, 6.07) is 9.25. The summed E-state index contributed by atoms with van der Waals surface area (Å²) in [5, 5.41) is 9.02. The van der Waals surface area contributed by atoms with Gasteiger partial charge in [0.25, 0.3) is 0 Å². The fourth-order valence-corrected chi connectivity index (χ4v) is 1.64. The van der Waals surface area contributed by atoms with Crippen LogP contribution in [-0.2, 0) is 15.2 Å². The minimum atomic E-state index is -0.980. The van der Waals surface area contributed by atoms with E-state index in [-0.39, 0.29) is 5.57 Å². The summed E-state index contributed by atoms with van der Waals surface area (Å²) in [6.07, 6.45) is 1.37. The Labute approximate surface area is 87.1 Å². The maximum Gasteiger partial charge on any atom is 0.336 e. The van der Waals surface area contributed by atoms with Crippen LogP contribution < -0.4 is 5.48 Å². The Morgan fingerprint density at radius 3 is 2.67 bits per heavy atom. The Hall–Kier alpha value is -1.81. The van der Waals surface area contributed by atoms with E-state index in [9.17, 15) is 4.79 Å². The molecule has 0 bridgehead atoms. The van der Waals surface area contributed by atoms with Gasteiger partial charge in [0.2, 0.25) is 0 Å². The summed E-state index contributed by atoms with van der Waals surface area (Å²) < 4.78 is 0. The van der Waals surface area contributed by atoms with Gasteiger partial charge in [-0.2, -0.15) is 0 Å². The summed E-state index contributed by atoms with van der Waals surface area (Å²) >= 11 is 0. The molecule has 0 saturated carbocycles. The first-order chi connectivity index (χ1) is 7.14. The number of aliphatic carboxylic acids is 1. The van der Waals surface area contributed by atoms with Gasteiger partial charge in [-0.3, -0.25) is 10.3 Å². The normalized spacial score (nSPS) is 24.5. The van der Waals surface area contributed by atoms with Crippen molar-refractivity contribution in [3.05, 3.63) is 47.7 Å². The van der Waals surface area contributed by atoms with Crippen LogP contribution in [0.4, 0.5) is 0 Å². The molecule has 1 aromatic rings. The maximum absolute atomic E-state index is 11.0. The van der Waals surface area contributed by atoms with Crippen LogP contribution in [0.3, 0.4) is 0 Å². The van der Waals surface area contributed by atoms with E-state index >= 15 is 0 Å². The average molecular weight is 205 g/mol. The van der Waals surface area contributed by atoms with E-state index in [4.69, 9.17) is 9.94 Å². The molecule has 0 fully saturated rings. The van der Waals surface area contributed by atoms with Gasteiger partial charge < -0.3 is 5.11 Å². The summed E-state index contributed by atoms with van der Waals surface area (Å²) in [5.74, 6) is -0.980. The van der Waals surface area contributed by atoms with E-state index in [0.717, 1.165) is 5.56 Å². The molecule has 2 N–H and O–H groups in total. The third-order valence-electron chi connectivity index (χ3n) is 2.54. The number of carbonyl (C=O) groups is 1. The van der Waals surface area contributed by atoms with Crippen LogP contribution in [0.5, 0.6) is 0 Å². The quantitative estimate of drug-likeness (QED) is 0.766. The molecule has 0 amide bonds. The van der Waals surface area contributed by atoms with Crippen molar-refractivity contribution in [1.29, 1.82) is 0 Å². The van der Waals surface area contributed by atoms with Gasteiger partial charge in [0, 0.05) is 6.20 Å². The van der Waals surface area contributed by atoms with Crippen LogP contribution in [0.15, 0.2) is 42.1 Å². The van der Waals surface area contributed by atoms with Crippen molar-refractivity contribution in [2.45, 2.75) is 12.5 Å². The molecule has 0 saturated heterocycles. The number of hydroxylamine groups is 1. The largest absolute Gasteiger partial charge is 0.478 e. The number of carboxylic acid groups (broad SMARTS) is 1. The van der Waals surface area contributed by atoms with Crippen molar-refractivity contribution in [3.63, 3.8) is 0 Å². The minimum Gasteiger partial charge on any atom is -0.478 e. The van der Waals surface area contributed by atoms with Crippen molar-refractivity contribution in [1.82, 2.24) is 5.48 Å². The van der Waals surface area contributed by atoms with E-state index in [1.807, 2.05) is 30.3 Å². The van der Waals surface area contributed by atoms with E-state index in [2.05, 4.69) is 5.48 Å². The molecule has 15 heavy (non-hydrogen) atoms. The molecule has 4 nitrogen and oxygen atoms in total. The molecule has 1 aliphatic heterocycles. The van der Waals surface area contributed by atoms with Crippen molar-refractivity contribution >= 4 is 5.97 Å². The molecule has 0 aliphatic carbocycles. The van der Waals surface area contributed by atoms with Crippen LogP contribution in [0, 0.1) is 0 Å². The summed E-state index contributed by atoms with van der Waals surface area (Å²) in [5.41, 5.74) is 2.59. The molecule has 1 heterocycles. The zero-order chi connectivity index (χ0) is 10.9. The first-order valence-corrected chi connectivity index (χ1v) is 4.57. The number of hydrogen-bond acceptors (Lipinski definition) is 3. The van der Waals surface area contributed by atoms with Gasteiger partial charge in [0.15, 0.2) is 5.60 Å². The highest BCUT2D eigenvalue weighted by molar-refractivity contribution is 5.89. The monoisotopic (exact) mass is 205 g/mol. The predicted molar refractivity (Wildman–Crippen MR) is 53.7 cm³/mol. The van der Waals surface area contributed by atoms with Gasteiger partial charge >= 0.3 is 5.97 Å². The lowest BCUT2D eigenvalue weighted by atomic mass is 9.89. The molecule has 0 spiro atoms. The second-order valence-electron chi connectivity index (χ2n) is 3.48. The van der Waals surface area contributed by atoms with E-state index < -0.39 is 11.6 Å². The van der Waals surface area contributed by atoms with Gasteiger partial charge in [-0.25, -0.2) is 4.79 Å². The molecule has 0 aromatic heterocycles. The second-order valence-corrected chi connectivity index (χ2v) is 3.48. The lowest BCUT2D eigenvalue weighted by Gasteiger charge is -2.23. The van der Waals surface area contributed by atoms with Crippen molar-refractivity contribution < 1.29 is 14.7 Å². The molecule has 1 aliphatic rings. The van der Waals surface area contributed by atoms with Gasteiger partial charge in [-0.05, 0) is 12.5 Å². The molecular formula is C11H11NO3. The minimum absolute atomic E-state index is 0.203. The average Bonchev–Trinajstić information content (AvgIpc) is 2.63. The van der Waals surface area contributed by atoms with Crippen LogP contribution >= 0.6 is 0 Å². The molecule has 4 heteroatoms. The van der Waals surface area contributed by atoms with Gasteiger partial charge in [0.05, 0.1) is 5.57 Å². The number of hydrogen-bond donors (Lipinski definition) is 2. The molecular weight excluding hydrogens is 194 g/mol. The number of benzene rings is 1. The van der Waals surface area contributed by atoms with E-state index in [1.54, 1.807) is 6.92 Å². The van der Waals surface area contributed by atoms with Gasteiger partial charge in [-0.15, -0.1) is 0 Å². The van der Waals surface area contributed by atoms with E-state index in [0.29, 0.717) is 0 Å². The zero-order valence-electron chi connectivity index (χ0n) is 8.23. The lowest BCUT2D eigenvalue weighted by molar-refractivity contribution is -0.136. The zero-order valence-corrected chi connectivity index (χ0v) is 8.23. The van der Waals surface area contributed by atoms with Gasteiger partial charge in [-0.1, -0.05) is 30.3 Å². The topological polar surface area (TPSA) is 58.6 Å². The second kappa shape index (κ2) is 3.40. The molecule has 78 valence electrons. The van der Waals surface area contributed by atoms with Crippen LogP contribution in [0.2, 0.25) is 0 Å². The van der Waals surface area contributed by atoms with Crippen LogP contribution in [0.25, 0.3) is 0 Å². The Morgan fingerprint density at radius 1 is 1.40 bits per heavy atom. The highest BCUT2D eigenvalue weighted by atomic mass is 16.7. The number of carboxylic acids is 1. The predicted octanol–water partition coefficient (Wildman–Crippen LogP) is 1.41. The summed E-state index contributed by atoms with van der Waals surface area (Å²) in [4.78, 5) is 16.3. The Balaban J connectivity index is 2.44. The van der Waals surface area contributed by atoms with E-state index in [1.165, 1.54) is 6.20 Å². The Bertz CT molecular complexity index is 413. The number of nitrogens with one attached hydrogen (secondary N) is 1. The SMILES string of the molecule is CC1(c2ccccc2)ONC=C1C(=O)O. The summed E-state index contributed by atoms with van der Waals surface area (Å²) in [6.45, 7) is 1.72. The Morgan fingerprint density at radius 2 is 2.07 bits per heavy atom. The molecule has 1 atom stereocenters. The van der Waals surface area contributed by atoms with Crippen molar-refractivity contribution in [3.8, 4) is 0 Å². The highest BCUT2D eigenvalue weighted by Crippen LogP contribution is 2.35. The standard InChI is InChI=1S/C11H11NO3/c1-11(8-5-3-2-4-6-8)9(10(13)14)7-12-15-11/h2-7,12H,1H3,(H,13,14). The Kier molecular flexibility index (Phi) is 2.21. The highest BCUT2D eigenvalue weighted by Gasteiger charge is 2.40.